The highest BCUT2D eigenvalue weighted by Gasteiger charge is 2.40. The number of amides is 1. The van der Waals surface area contributed by atoms with Crippen LogP contribution in [0.4, 0.5) is 4.79 Å². The summed E-state index contributed by atoms with van der Waals surface area (Å²) in [4.78, 5) is 17.8. The summed E-state index contributed by atoms with van der Waals surface area (Å²) in [5.74, 6) is 0. The third-order valence-corrected chi connectivity index (χ3v) is 3.10. The Morgan fingerprint density at radius 3 is 3.12 bits per heavy atom. The number of aromatic nitrogens is 1. The van der Waals surface area contributed by atoms with E-state index in [1.807, 2.05) is 6.21 Å². The van der Waals surface area contributed by atoms with Gasteiger partial charge in [-0.25, -0.2) is 4.79 Å². The molecular formula is C11H13N3O3. The van der Waals surface area contributed by atoms with Gasteiger partial charge >= 0.3 is 6.09 Å². The summed E-state index contributed by atoms with van der Waals surface area (Å²) < 4.78 is 9.90. The molecule has 2 aliphatic rings. The maximum Gasteiger partial charge on any atom is 0.412 e. The lowest BCUT2D eigenvalue weighted by Gasteiger charge is -2.28. The van der Waals surface area contributed by atoms with Crippen LogP contribution >= 0.6 is 0 Å². The number of hydrogen-bond donors (Lipinski definition) is 0. The molecule has 0 N–H and O–H groups in total. The highest BCUT2D eigenvalue weighted by atomic mass is 16.6. The van der Waals surface area contributed by atoms with E-state index in [9.17, 15) is 4.79 Å². The zero-order valence-corrected chi connectivity index (χ0v) is 9.28. The number of rotatable bonds is 2. The number of cyclic esters (lactones) is 1. The van der Waals surface area contributed by atoms with Crippen LogP contribution < -0.4 is 0 Å². The highest BCUT2D eigenvalue weighted by Crippen LogP contribution is 2.31. The molecule has 2 unspecified atom stereocenters. The second kappa shape index (κ2) is 4.20. The van der Waals surface area contributed by atoms with Crippen LogP contribution in [0.3, 0.4) is 0 Å². The van der Waals surface area contributed by atoms with Crippen LogP contribution in [0.15, 0.2) is 21.8 Å². The summed E-state index contributed by atoms with van der Waals surface area (Å²) in [5.41, 5.74) is 0.719. The number of hydrogen-bond acceptors (Lipinski definition) is 5. The van der Waals surface area contributed by atoms with E-state index >= 15 is 0 Å². The molecule has 1 fully saturated rings. The van der Waals surface area contributed by atoms with Gasteiger partial charge in [-0.3, -0.25) is 9.89 Å². The minimum absolute atomic E-state index is 0.125. The number of carbonyl (C=O) groups excluding carboxylic acids is 1. The molecule has 3 heterocycles. The Labute approximate surface area is 98.2 Å². The first-order valence-electron chi connectivity index (χ1n) is 5.73. The highest BCUT2D eigenvalue weighted by molar-refractivity contribution is 5.71. The summed E-state index contributed by atoms with van der Waals surface area (Å²) in [7, 11) is 0. The van der Waals surface area contributed by atoms with Crippen LogP contribution in [-0.4, -0.2) is 35.1 Å². The Morgan fingerprint density at radius 1 is 1.47 bits per heavy atom. The van der Waals surface area contributed by atoms with E-state index in [0.717, 1.165) is 25.0 Å². The normalized spacial score (nSPS) is 28.5. The zero-order chi connectivity index (χ0) is 11.7. The van der Waals surface area contributed by atoms with Crippen molar-refractivity contribution in [2.45, 2.75) is 31.5 Å². The lowest BCUT2D eigenvalue weighted by atomic mass is 10.1. The second-order valence-corrected chi connectivity index (χ2v) is 4.17. The third kappa shape index (κ3) is 1.79. The summed E-state index contributed by atoms with van der Waals surface area (Å²) in [6.07, 6.45) is 5.83. The van der Waals surface area contributed by atoms with Crippen molar-refractivity contribution in [1.29, 1.82) is 0 Å². The fraction of sp³-hybridized carbons (Fsp3) is 0.545. The van der Waals surface area contributed by atoms with Crippen molar-refractivity contribution < 1.29 is 14.1 Å². The van der Waals surface area contributed by atoms with Gasteiger partial charge in [0, 0.05) is 12.3 Å². The number of ether oxygens (including phenoxy) is 1. The second-order valence-electron chi connectivity index (χ2n) is 4.17. The molecule has 6 nitrogen and oxygen atoms in total. The average molecular weight is 235 g/mol. The van der Waals surface area contributed by atoms with Crippen LogP contribution in [0.1, 0.15) is 31.0 Å². The minimum atomic E-state index is -0.318. The predicted octanol–water partition coefficient (Wildman–Crippen LogP) is 1.75. The first-order valence-corrected chi connectivity index (χ1v) is 5.73. The predicted molar refractivity (Wildman–Crippen MR) is 58.6 cm³/mol. The molecule has 1 amide bonds. The smallest absolute Gasteiger partial charge is 0.412 e. The van der Waals surface area contributed by atoms with Crippen molar-refractivity contribution in [1.82, 2.24) is 10.1 Å². The molecule has 0 bridgehead atoms. The van der Waals surface area contributed by atoms with E-state index < -0.39 is 0 Å². The van der Waals surface area contributed by atoms with Crippen molar-refractivity contribution in [3.05, 3.63) is 18.0 Å². The van der Waals surface area contributed by atoms with Crippen LogP contribution in [0.5, 0.6) is 0 Å². The van der Waals surface area contributed by atoms with Crippen LogP contribution in [-0.2, 0) is 4.74 Å². The first-order chi connectivity index (χ1) is 8.36. The Hall–Kier alpha value is -1.85. The molecule has 90 valence electrons. The largest absolute Gasteiger partial charge is 0.447 e. The number of nitrogens with zero attached hydrogens (tertiary/aromatic N) is 3. The Kier molecular flexibility index (Phi) is 2.55. The Morgan fingerprint density at radius 2 is 2.41 bits per heavy atom. The molecule has 1 saturated heterocycles. The van der Waals surface area contributed by atoms with Crippen LogP contribution in [0.25, 0.3) is 0 Å². The molecule has 3 rings (SSSR count). The first kappa shape index (κ1) is 10.3. The van der Waals surface area contributed by atoms with Gasteiger partial charge < -0.3 is 9.26 Å². The Bertz CT molecular complexity index is 429. The van der Waals surface area contributed by atoms with E-state index in [2.05, 4.69) is 10.1 Å². The summed E-state index contributed by atoms with van der Waals surface area (Å²) >= 11 is 0. The van der Waals surface area contributed by atoms with Crippen LogP contribution in [0.2, 0.25) is 0 Å². The lowest BCUT2D eigenvalue weighted by Crippen LogP contribution is -2.38. The van der Waals surface area contributed by atoms with Gasteiger partial charge in [0.05, 0.1) is 0 Å². The van der Waals surface area contributed by atoms with Crippen molar-refractivity contribution in [2.75, 3.05) is 6.61 Å². The molecular weight excluding hydrogens is 222 g/mol. The number of carbonyl (C=O) groups is 1. The van der Waals surface area contributed by atoms with Crippen molar-refractivity contribution >= 4 is 12.3 Å². The van der Waals surface area contributed by atoms with Gasteiger partial charge in [-0.15, -0.1) is 0 Å². The number of aliphatic imine (C=N–C) groups is 1. The molecule has 0 aliphatic carbocycles. The fourth-order valence-electron chi connectivity index (χ4n) is 2.26. The van der Waals surface area contributed by atoms with Gasteiger partial charge in [-0.1, -0.05) is 5.16 Å². The SMILES string of the molecule is O=C1OCC(c2ccon2)N1C1CCCC=N1. The van der Waals surface area contributed by atoms with Gasteiger partial charge in [-0.2, -0.15) is 0 Å². The van der Waals surface area contributed by atoms with Gasteiger partial charge in [0.25, 0.3) is 0 Å². The van der Waals surface area contributed by atoms with Crippen molar-refractivity contribution in [2.24, 2.45) is 4.99 Å². The van der Waals surface area contributed by atoms with Gasteiger partial charge in [-0.05, 0) is 19.3 Å². The molecule has 1 aromatic heterocycles. The zero-order valence-electron chi connectivity index (χ0n) is 9.28. The molecule has 17 heavy (non-hydrogen) atoms. The van der Waals surface area contributed by atoms with Gasteiger partial charge in [0.1, 0.15) is 30.8 Å². The third-order valence-electron chi connectivity index (χ3n) is 3.10. The standard InChI is InChI=1S/C11H13N3O3/c15-11-14(10-3-1-2-5-12-10)9(7-16-11)8-4-6-17-13-8/h4-6,9-10H,1-3,7H2. The van der Waals surface area contributed by atoms with Crippen molar-refractivity contribution in [3.8, 4) is 0 Å². The van der Waals surface area contributed by atoms with E-state index in [1.165, 1.54) is 6.26 Å². The molecule has 0 aromatic carbocycles. The van der Waals surface area contributed by atoms with E-state index in [0.29, 0.717) is 6.61 Å². The van der Waals surface area contributed by atoms with Crippen LogP contribution in [0, 0.1) is 0 Å². The van der Waals surface area contributed by atoms with E-state index in [-0.39, 0.29) is 18.3 Å². The van der Waals surface area contributed by atoms with Crippen molar-refractivity contribution in [3.63, 3.8) is 0 Å². The molecule has 1 aromatic rings. The molecule has 2 aliphatic heterocycles. The lowest BCUT2D eigenvalue weighted by molar-refractivity contribution is 0.141. The molecule has 2 atom stereocenters. The summed E-state index contributed by atoms with van der Waals surface area (Å²) in [5, 5.41) is 3.88. The monoisotopic (exact) mass is 235 g/mol. The molecule has 0 radical (unpaired) electrons. The Balaban J connectivity index is 1.86. The summed E-state index contributed by atoms with van der Waals surface area (Å²) in [6.45, 7) is 0.317. The average Bonchev–Trinajstić information content (AvgIpc) is 2.98. The van der Waals surface area contributed by atoms with E-state index in [1.54, 1.807) is 11.0 Å². The minimum Gasteiger partial charge on any atom is -0.447 e. The maximum atomic E-state index is 11.8. The maximum absolute atomic E-state index is 11.8. The molecule has 0 spiro atoms. The van der Waals surface area contributed by atoms with Gasteiger partial charge in [0.2, 0.25) is 0 Å². The van der Waals surface area contributed by atoms with E-state index in [4.69, 9.17) is 9.26 Å². The quantitative estimate of drug-likeness (QED) is 0.783. The molecule has 0 saturated carbocycles. The van der Waals surface area contributed by atoms with Gasteiger partial charge in [0.15, 0.2) is 0 Å². The topological polar surface area (TPSA) is 67.9 Å². The molecule has 6 heteroatoms. The fourth-order valence-corrected chi connectivity index (χ4v) is 2.26. The summed E-state index contributed by atoms with van der Waals surface area (Å²) in [6, 6.07) is 1.58.